The Morgan fingerprint density at radius 2 is 2.17 bits per heavy atom. The SMILES string of the molecule is COc1cc([N+](=O)[O-])ccc1C(=O)NCC(=O)O. The molecule has 0 spiro atoms. The van der Waals surface area contributed by atoms with Gasteiger partial charge in [-0.2, -0.15) is 0 Å². The Hall–Kier alpha value is -2.64. The first-order chi connectivity index (χ1) is 8.45. The van der Waals surface area contributed by atoms with Crippen molar-refractivity contribution in [2.24, 2.45) is 0 Å². The molecule has 1 aromatic rings. The molecule has 8 nitrogen and oxygen atoms in total. The fraction of sp³-hybridized carbons (Fsp3) is 0.200. The van der Waals surface area contributed by atoms with Crippen LogP contribution in [0, 0.1) is 10.1 Å². The predicted molar refractivity (Wildman–Crippen MR) is 59.6 cm³/mol. The second-order valence-corrected chi connectivity index (χ2v) is 3.22. The van der Waals surface area contributed by atoms with Crippen molar-refractivity contribution in [1.29, 1.82) is 0 Å². The summed E-state index contributed by atoms with van der Waals surface area (Å²) in [7, 11) is 1.26. The molecule has 0 aliphatic carbocycles. The van der Waals surface area contributed by atoms with E-state index in [1.165, 1.54) is 13.2 Å². The number of amides is 1. The summed E-state index contributed by atoms with van der Waals surface area (Å²) >= 11 is 0. The van der Waals surface area contributed by atoms with Crippen LogP contribution in [0.5, 0.6) is 5.75 Å². The summed E-state index contributed by atoms with van der Waals surface area (Å²) in [6.45, 7) is -0.543. The van der Waals surface area contributed by atoms with Crippen LogP contribution >= 0.6 is 0 Å². The fourth-order valence-electron chi connectivity index (χ4n) is 1.23. The maximum Gasteiger partial charge on any atom is 0.322 e. The third kappa shape index (κ3) is 3.17. The molecular formula is C10H10N2O6. The number of non-ortho nitro benzene ring substituents is 1. The summed E-state index contributed by atoms with van der Waals surface area (Å²) in [5, 5.41) is 21.1. The van der Waals surface area contributed by atoms with Gasteiger partial charge in [0.1, 0.15) is 12.3 Å². The predicted octanol–water partition coefficient (Wildman–Crippen LogP) is 0.418. The first-order valence-corrected chi connectivity index (χ1v) is 4.78. The minimum Gasteiger partial charge on any atom is -0.496 e. The number of hydrogen-bond donors (Lipinski definition) is 2. The van der Waals surface area contributed by atoms with Crippen molar-refractivity contribution in [3.8, 4) is 5.75 Å². The van der Waals surface area contributed by atoms with Gasteiger partial charge in [0.15, 0.2) is 0 Å². The van der Waals surface area contributed by atoms with Crippen LogP contribution in [0.4, 0.5) is 5.69 Å². The zero-order valence-electron chi connectivity index (χ0n) is 9.37. The number of rotatable bonds is 5. The molecule has 0 radical (unpaired) electrons. The molecule has 96 valence electrons. The second kappa shape index (κ2) is 5.62. The van der Waals surface area contributed by atoms with E-state index in [1.54, 1.807) is 0 Å². The van der Waals surface area contributed by atoms with E-state index in [1.807, 2.05) is 0 Å². The number of nitro benzene ring substituents is 1. The van der Waals surface area contributed by atoms with Crippen molar-refractivity contribution < 1.29 is 24.4 Å². The standard InChI is InChI=1S/C10H10N2O6/c1-18-8-4-6(12(16)17)2-3-7(8)10(15)11-5-9(13)14/h2-4H,5H2,1H3,(H,11,15)(H,13,14). The molecule has 2 N–H and O–H groups in total. The lowest BCUT2D eigenvalue weighted by atomic mass is 10.1. The lowest BCUT2D eigenvalue weighted by molar-refractivity contribution is -0.384. The second-order valence-electron chi connectivity index (χ2n) is 3.22. The van der Waals surface area contributed by atoms with Gasteiger partial charge in [0, 0.05) is 6.07 Å². The van der Waals surface area contributed by atoms with Crippen LogP contribution in [0.3, 0.4) is 0 Å². The number of hydrogen-bond acceptors (Lipinski definition) is 5. The fourth-order valence-corrected chi connectivity index (χ4v) is 1.23. The number of carbonyl (C=O) groups is 2. The Balaban J connectivity index is 2.98. The van der Waals surface area contributed by atoms with Crippen molar-refractivity contribution in [3.63, 3.8) is 0 Å². The van der Waals surface area contributed by atoms with Gasteiger partial charge >= 0.3 is 5.97 Å². The van der Waals surface area contributed by atoms with Gasteiger partial charge in [-0.15, -0.1) is 0 Å². The molecule has 0 aliphatic rings. The molecule has 18 heavy (non-hydrogen) atoms. The normalized spacial score (nSPS) is 9.61. The van der Waals surface area contributed by atoms with Crippen molar-refractivity contribution in [2.75, 3.05) is 13.7 Å². The highest BCUT2D eigenvalue weighted by molar-refractivity contribution is 5.98. The van der Waals surface area contributed by atoms with Gasteiger partial charge in [-0.3, -0.25) is 19.7 Å². The van der Waals surface area contributed by atoms with Crippen molar-refractivity contribution >= 4 is 17.6 Å². The van der Waals surface area contributed by atoms with Crippen molar-refractivity contribution in [3.05, 3.63) is 33.9 Å². The Labute approximate surface area is 101 Å². The van der Waals surface area contributed by atoms with E-state index in [9.17, 15) is 19.7 Å². The first-order valence-electron chi connectivity index (χ1n) is 4.78. The van der Waals surface area contributed by atoms with E-state index in [0.717, 1.165) is 12.1 Å². The molecule has 0 aliphatic heterocycles. The molecule has 1 rings (SSSR count). The quantitative estimate of drug-likeness (QED) is 0.580. The molecule has 0 fully saturated rings. The van der Waals surface area contributed by atoms with E-state index >= 15 is 0 Å². The summed E-state index contributed by atoms with van der Waals surface area (Å²) in [6.07, 6.45) is 0. The van der Waals surface area contributed by atoms with Crippen molar-refractivity contribution in [2.45, 2.75) is 0 Å². The Kier molecular flexibility index (Phi) is 4.19. The van der Waals surface area contributed by atoms with E-state index in [2.05, 4.69) is 5.32 Å². The third-order valence-corrected chi connectivity index (χ3v) is 2.04. The van der Waals surface area contributed by atoms with E-state index in [-0.39, 0.29) is 17.0 Å². The average Bonchev–Trinajstić information content (AvgIpc) is 2.34. The molecule has 0 unspecified atom stereocenters. The Morgan fingerprint density at radius 3 is 2.67 bits per heavy atom. The molecule has 0 atom stereocenters. The van der Waals surface area contributed by atoms with Crippen LogP contribution in [-0.2, 0) is 4.79 Å². The highest BCUT2D eigenvalue weighted by Crippen LogP contribution is 2.24. The van der Waals surface area contributed by atoms with Gasteiger partial charge in [-0.25, -0.2) is 0 Å². The number of nitrogens with zero attached hydrogens (tertiary/aromatic N) is 1. The molecule has 0 saturated carbocycles. The average molecular weight is 254 g/mol. The molecule has 0 saturated heterocycles. The number of nitrogens with one attached hydrogen (secondary N) is 1. The Morgan fingerprint density at radius 1 is 1.50 bits per heavy atom. The molecular weight excluding hydrogens is 244 g/mol. The van der Waals surface area contributed by atoms with Gasteiger partial charge in [-0.1, -0.05) is 0 Å². The Bertz CT molecular complexity index is 499. The molecule has 8 heteroatoms. The molecule has 0 heterocycles. The number of benzene rings is 1. The number of aliphatic carboxylic acids is 1. The number of methoxy groups -OCH3 is 1. The monoisotopic (exact) mass is 254 g/mol. The van der Waals surface area contributed by atoms with Gasteiger partial charge in [-0.05, 0) is 6.07 Å². The van der Waals surface area contributed by atoms with Gasteiger partial charge in [0.2, 0.25) is 0 Å². The number of carboxylic acid groups (broad SMARTS) is 1. The van der Waals surface area contributed by atoms with Crippen molar-refractivity contribution in [1.82, 2.24) is 5.32 Å². The van der Waals surface area contributed by atoms with E-state index in [4.69, 9.17) is 9.84 Å². The van der Waals surface area contributed by atoms with E-state index in [0.29, 0.717) is 0 Å². The summed E-state index contributed by atoms with van der Waals surface area (Å²) in [4.78, 5) is 31.8. The maximum absolute atomic E-state index is 11.6. The lowest BCUT2D eigenvalue weighted by Crippen LogP contribution is -2.29. The number of ether oxygens (including phenoxy) is 1. The third-order valence-electron chi connectivity index (χ3n) is 2.04. The lowest BCUT2D eigenvalue weighted by Gasteiger charge is -2.07. The molecule has 0 aromatic heterocycles. The zero-order valence-corrected chi connectivity index (χ0v) is 9.37. The number of nitro groups is 1. The largest absolute Gasteiger partial charge is 0.496 e. The topological polar surface area (TPSA) is 119 Å². The maximum atomic E-state index is 11.6. The zero-order chi connectivity index (χ0) is 13.7. The summed E-state index contributed by atoms with van der Waals surface area (Å²) < 4.78 is 4.85. The van der Waals surface area contributed by atoms with Crippen LogP contribution in [0.1, 0.15) is 10.4 Å². The summed E-state index contributed by atoms with van der Waals surface area (Å²) in [6, 6.07) is 3.43. The van der Waals surface area contributed by atoms with Crippen LogP contribution in [0.15, 0.2) is 18.2 Å². The van der Waals surface area contributed by atoms with Crippen LogP contribution < -0.4 is 10.1 Å². The highest BCUT2D eigenvalue weighted by atomic mass is 16.6. The van der Waals surface area contributed by atoms with E-state index < -0.39 is 23.3 Å². The summed E-state index contributed by atoms with van der Waals surface area (Å²) in [5.74, 6) is -1.86. The highest BCUT2D eigenvalue weighted by Gasteiger charge is 2.17. The van der Waals surface area contributed by atoms with Gasteiger partial charge < -0.3 is 15.2 Å². The molecule has 0 bridgehead atoms. The minimum atomic E-state index is -1.19. The summed E-state index contributed by atoms with van der Waals surface area (Å²) in [5.41, 5.74) is -0.189. The minimum absolute atomic E-state index is 0.00656. The smallest absolute Gasteiger partial charge is 0.322 e. The molecule has 1 amide bonds. The number of carbonyl (C=O) groups excluding carboxylic acids is 1. The molecule has 1 aromatic carbocycles. The van der Waals surface area contributed by atoms with Gasteiger partial charge in [0.25, 0.3) is 11.6 Å². The van der Waals surface area contributed by atoms with Crippen LogP contribution in [-0.4, -0.2) is 35.6 Å². The van der Waals surface area contributed by atoms with Crippen LogP contribution in [0.2, 0.25) is 0 Å². The van der Waals surface area contributed by atoms with Crippen LogP contribution in [0.25, 0.3) is 0 Å². The first kappa shape index (κ1) is 13.4. The van der Waals surface area contributed by atoms with Gasteiger partial charge in [0.05, 0.1) is 23.7 Å². The number of carboxylic acids is 1.